The van der Waals surface area contributed by atoms with Crippen LogP contribution in [-0.4, -0.2) is 18.0 Å². The predicted octanol–water partition coefficient (Wildman–Crippen LogP) is 4.71. The second-order valence-electron chi connectivity index (χ2n) is 5.50. The van der Waals surface area contributed by atoms with Crippen molar-refractivity contribution in [2.75, 3.05) is 12.4 Å². The smallest absolute Gasteiger partial charge is 0.224 e. The van der Waals surface area contributed by atoms with Gasteiger partial charge in [0, 0.05) is 18.5 Å². The Labute approximate surface area is 154 Å². The maximum absolute atomic E-state index is 13.8. The molecule has 5 nitrogen and oxygen atoms in total. The van der Waals surface area contributed by atoms with Crippen molar-refractivity contribution in [2.24, 2.45) is 0 Å². The van der Waals surface area contributed by atoms with Gasteiger partial charge >= 0.3 is 0 Å². The highest BCUT2D eigenvalue weighted by Gasteiger charge is 2.12. The zero-order valence-electron chi connectivity index (χ0n) is 14.0. The van der Waals surface area contributed by atoms with Gasteiger partial charge in [0.05, 0.1) is 23.9 Å². The largest absolute Gasteiger partial charge is 0.495 e. The molecule has 0 spiro atoms. The van der Waals surface area contributed by atoms with Gasteiger partial charge in [-0.05, 0) is 30.3 Å². The van der Waals surface area contributed by atoms with Crippen molar-refractivity contribution >= 4 is 23.2 Å². The maximum atomic E-state index is 13.8. The van der Waals surface area contributed by atoms with E-state index in [1.807, 2.05) is 0 Å². The van der Waals surface area contributed by atoms with E-state index in [4.69, 9.17) is 20.8 Å². The lowest BCUT2D eigenvalue weighted by Gasteiger charge is -2.07. The third-order valence-corrected chi connectivity index (χ3v) is 3.99. The number of rotatable bonds is 6. The second kappa shape index (κ2) is 8.01. The summed E-state index contributed by atoms with van der Waals surface area (Å²) in [7, 11) is 1.52. The van der Waals surface area contributed by atoms with Crippen molar-refractivity contribution in [3.63, 3.8) is 0 Å². The highest BCUT2D eigenvalue weighted by Crippen LogP contribution is 2.27. The number of nitrogens with zero attached hydrogens (tertiary/aromatic N) is 1. The van der Waals surface area contributed by atoms with Crippen molar-refractivity contribution in [3.05, 3.63) is 65.4 Å². The van der Waals surface area contributed by atoms with Gasteiger partial charge < -0.3 is 14.5 Å². The highest BCUT2D eigenvalue weighted by molar-refractivity contribution is 6.32. The Bertz CT molecular complexity index is 927. The van der Waals surface area contributed by atoms with E-state index in [1.165, 1.54) is 19.4 Å². The standard InChI is InChI=1S/C19H16ClFN2O3/c1-25-16-7-6-12(10-14(16)20)23-18(24)8-9-19-22-11-17(26-19)13-4-2-3-5-15(13)21/h2-7,10-11H,8-9H2,1H3,(H,23,24). The van der Waals surface area contributed by atoms with Crippen molar-refractivity contribution in [3.8, 4) is 17.1 Å². The average Bonchev–Trinajstić information content (AvgIpc) is 3.09. The van der Waals surface area contributed by atoms with E-state index in [1.54, 1.807) is 36.4 Å². The molecule has 0 atom stereocenters. The summed E-state index contributed by atoms with van der Waals surface area (Å²) in [5.74, 6) is 0.637. The van der Waals surface area contributed by atoms with Crippen LogP contribution in [0.5, 0.6) is 5.75 Å². The number of oxazole rings is 1. The van der Waals surface area contributed by atoms with Crippen LogP contribution < -0.4 is 10.1 Å². The van der Waals surface area contributed by atoms with Gasteiger partial charge in [0.2, 0.25) is 5.91 Å². The molecule has 0 saturated heterocycles. The Hall–Kier alpha value is -2.86. The van der Waals surface area contributed by atoms with Gasteiger partial charge in [-0.2, -0.15) is 0 Å². The minimum Gasteiger partial charge on any atom is -0.495 e. The molecule has 26 heavy (non-hydrogen) atoms. The van der Waals surface area contributed by atoms with Crippen LogP contribution in [-0.2, 0) is 11.2 Å². The Morgan fingerprint density at radius 2 is 2.12 bits per heavy atom. The Morgan fingerprint density at radius 1 is 1.31 bits per heavy atom. The van der Waals surface area contributed by atoms with Gasteiger partial charge in [-0.25, -0.2) is 9.37 Å². The molecule has 2 aromatic carbocycles. The van der Waals surface area contributed by atoms with Crippen molar-refractivity contribution < 1.29 is 18.3 Å². The molecule has 1 aromatic heterocycles. The zero-order valence-corrected chi connectivity index (χ0v) is 14.7. The Morgan fingerprint density at radius 3 is 2.85 bits per heavy atom. The fourth-order valence-corrected chi connectivity index (χ4v) is 2.66. The number of methoxy groups -OCH3 is 1. The van der Waals surface area contributed by atoms with Crippen molar-refractivity contribution in [2.45, 2.75) is 12.8 Å². The molecule has 7 heteroatoms. The molecule has 0 aliphatic heterocycles. The van der Waals surface area contributed by atoms with Crippen LogP contribution in [0.2, 0.25) is 5.02 Å². The molecule has 3 aromatic rings. The lowest BCUT2D eigenvalue weighted by molar-refractivity contribution is -0.116. The minimum atomic E-state index is -0.385. The number of aromatic nitrogens is 1. The average molecular weight is 375 g/mol. The first-order valence-corrected chi connectivity index (χ1v) is 8.27. The van der Waals surface area contributed by atoms with E-state index >= 15 is 0 Å². The van der Waals surface area contributed by atoms with Crippen LogP contribution in [0.25, 0.3) is 11.3 Å². The lowest BCUT2D eigenvalue weighted by atomic mass is 10.2. The fourth-order valence-electron chi connectivity index (χ4n) is 2.40. The van der Waals surface area contributed by atoms with Crippen LogP contribution in [0.3, 0.4) is 0 Å². The predicted molar refractivity (Wildman–Crippen MR) is 96.9 cm³/mol. The highest BCUT2D eigenvalue weighted by atomic mass is 35.5. The molecule has 134 valence electrons. The molecule has 1 heterocycles. The second-order valence-corrected chi connectivity index (χ2v) is 5.90. The number of anilines is 1. The molecule has 1 amide bonds. The summed E-state index contributed by atoms with van der Waals surface area (Å²) >= 11 is 6.03. The third kappa shape index (κ3) is 4.21. The molecular formula is C19H16ClFN2O3. The minimum absolute atomic E-state index is 0.168. The number of benzene rings is 2. The van der Waals surface area contributed by atoms with Crippen LogP contribution in [0.4, 0.5) is 10.1 Å². The lowest BCUT2D eigenvalue weighted by Crippen LogP contribution is -2.12. The molecule has 1 N–H and O–H groups in total. The molecule has 0 fully saturated rings. The number of ether oxygens (including phenoxy) is 1. The van der Waals surface area contributed by atoms with Crippen LogP contribution in [0, 0.1) is 5.82 Å². The van der Waals surface area contributed by atoms with Gasteiger partial charge in [0.15, 0.2) is 11.7 Å². The van der Waals surface area contributed by atoms with Gasteiger partial charge in [-0.1, -0.05) is 23.7 Å². The maximum Gasteiger partial charge on any atom is 0.224 e. The summed E-state index contributed by atoms with van der Waals surface area (Å²) in [4.78, 5) is 16.2. The van der Waals surface area contributed by atoms with E-state index in [0.717, 1.165) is 0 Å². The number of carbonyl (C=O) groups is 1. The molecule has 0 bridgehead atoms. The van der Waals surface area contributed by atoms with Crippen molar-refractivity contribution in [1.82, 2.24) is 4.98 Å². The molecular weight excluding hydrogens is 359 g/mol. The third-order valence-electron chi connectivity index (χ3n) is 3.69. The van der Waals surface area contributed by atoms with Crippen LogP contribution in [0.1, 0.15) is 12.3 Å². The van der Waals surface area contributed by atoms with Gasteiger partial charge in [0.1, 0.15) is 11.6 Å². The van der Waals surface area contributed by atoms with Crippen LogP contribution in [0.15, 0.2) is 53.1 Å². The first kappa shape index (κ1) is 17.9. The summed E-state index contributed by atoms with van der Waals surface area (Å²) in [6.45, 7) is 0. The summed E-state index contributed by atoms with van der Waals surface area (Å²) in [5, 5.41) is 3.15. The number of hydrogen-bond donors (Lipinski definition) is 1. The van der Waals surface area contributed by atoms with E-state index in [2.05, 4.69) is 10.3 Å². The number of aryl methyl sites for hydroxylation is 1. The van der Waals surface area contributed by atoms with Gasteiger partial charge in [-0.3, -0.25) is 4.79 Å². The number of nitrogens with one attached hydrogen (secondary N) is 1. The first-order chi connectivity index (χ1) is 12.6. The summed E-state index contributed by atoms with van der Waals surface area (Å²) in [6.07, 6.45) is 1.92. The van der Waals surface area contributed by atoms with E-state index in [-0.39, 0.29) is 18.1 Å². The van der Waals surface area contributed by atoms with E-state index in [9.17, 15) is 9.18 Å². The number of carbonyl (C=O) groups excluding carboxylic acids is 1. The zero-order chi connectivity index (χ0) is 18.5. The monoisotopic (exact) mass is 374 g/mol. The summed E-state index contributed by atoms with van der Waals surface area (Å²) in [5.41, 5.74) is 0.906. The van der Waals surface area contributed by atoms with Gasteiger partial charge in [-0.15, -0.1) is 0 Å². The normalized spacial score (nSPS) is 10.6. The van der Waals surface area contributed by atoms with E-state index < -0.39 is 0 Å². The molecule has 0 unspecified atom stereocenters. The summed E-state index contributed by atoms with van der Waals surface area (Å²) < 4.78 is 24.4. The number of amides is 1. The van der Waals surface area contributed by atoms with E-state index in [0.29, 0.717) is 40.1 Å². The summed E-state index contributed by atoms with van der Waals surface area (Å²) in [6, 6.07) is 11.3. The van der Waals surface area contributed by atoms with Crippen molar-refractivity contribution in [1.29, 1.82) is 0 Å². The first-order valence-electron chi connectivity index (χ1n) is 7.90. The SMILES string of the molecule is COc1ccc(NC(=O)CCc2ncc(-c3ccccc3F)o2)cc1Cl. The molecule has 3 rings (SSSR count). The fraction of sp³-hybridized carbons (Fsp3) is 0.158. The van der Waals surface area contributed by atoms with Crippen LogP contribution >= 0.6 is 11.6 Å². The molecule has 0 radical (unpaired) electrons. The number of hydrogen-bond acceptors (Lipinski definition) is 4. The number of halogens is 2. The van der Waals surface area contributed by atoms with Gasteiger partial charge in [0.25, 0.3) is 0 Å². The quantitative estimate of drug-likeness (QED) is 0.678. The molecule has 0 aliphatic rings. The topological polar surface area (TPSA) is 64.4 Å². The Kier molecular flexibility index (Phi) is 5.53. The Balaban J connectivity index is 1.58. The molecule has 0 aliphatic carbocycles. The molecule has 0 saturated carbocycles.